The molecule has 1 amide bonds. The fourth-order valence-electron chi connectivity index (χ4n) is 1.29. The number of nitrogens with zero attached hydrogens (tertiary/aromatic N) is 1. The van der Waals surface area contributed by atoms with Gasteiger partial charge >= 0.3 is 0 Å². The second-order valence-corrected chi connectivity index (χ2v) is 5.17. The molecule has 1 aliphatic rings. The van der Waals surface area contributed by atoms with Gasteiger partial charge in [-0.2, -0.15) is 0 Å². The Balaban J connectivity index is 2.41. The van der Waals surface area contributed by atoms with Gasteiger partial charge in [0.05, 0.1) is 26.7 Å². The summed E-state index contributed by atoms with van der Waals surface area (Å²) in [4.78, 5) is 13.1. The van der Waals surface area contributed by atoms with Gasteiger partial charge in [-0.05, 0) is 12.1 Å². The molecule has 0 aliphatic carbocycles. The first-order valence-electron chi connectivity index (χ1n) is 4.12. The molecule has 1 fully saturated rings. The fourth-order valence-corrected chi connectivity index (χ4v) is 2.77. The molecular weight excluding hydrogens is 277 g/mol. The Bertz CT molecular complexity index is 401. The molecule has 1 saturated heterocycles. The predicted molar refractivity (Wildman–Crippen MR) is 66.3 cm³/mol. The van der Waals surface area contributed by atoms with Gasteiger partial charge in [0.1, 0.15) is 0 Å². The maximum Gasteiger partial charge on any atom is 0.237 e. The lowest BCUT2D eigenvalue weighted by molar-refractivity contribution is -0.115. The van der Waals surface area contributed by atoms with Crippen molar-refractivity contribution >= 4 is 58.2 Å². The van der Waals surface area contributed by atoms with Crippen LogP contribution in [-0.4, -0.2) is 17.5 Å². The Labute approximate surface area is 106 Å². The van der Waals surface area contributed by atoms with Crippen LogP contribution in [0.2, 0.25) is 15.1 Å². The second kappa shape index (κ2) is 4.42. The topological polar surface area (TPSA) is 20.3 Å². The Hall–Kier alpha value is -0.0900. The number of hydrogen-bond donors (Lipinski definition) is 0. The van der Waals surface area contributed by atoms with Crippen molar-refractivity contribution in [2.24, 2.45) is 0 Å². The van der Waals surface area contributed by atoms with Crippen molar-refractivity contribution in [2.75, 3.05) is 16.5 Å². The van der Waals surface area contributed by atoms with Gasteiger partial charge in [0.15, 0.2) is 0 Å². The summed E-state index contributed by atoms with van der Waals surface area (Å²) in [5, 5.41) is 1.05. The van der Waals surface area contributed by atoms with Crippen molar-refractivity contribution in [3.8, 4) is 0 Å². The lowest BCUT2D eigenvalue weighted by Gasteiger charge is -2.15. The van der Waals surface area contributed by atoms with Crippen LogP contribution in [-0.2, 0) is 4.79 Å². The van der Waals surface area contributed by atoms with Crippen molar-refractivity contribution in [3.05, 3.63) is 27.2 Å². The van der Waals surface area contributed by atoms with Gasteiger partial charge < -0.3 is 4.90 Å². The molecule has 0 atom stereocenters. The third-order valence-electron chi connectivity index (χ3n) is 2.03. The number of benzene rings is 1. The van der Waals surface area contributed by atoms with E-state index in [2.05, 4.69) is 0 Å². The normalized spacial score (nSPS) is 16.2. The summed E-state index contributed by atoms with van der Waals surface area (Å²) in [5.41, 5.74) is 0.699. The molecular formula is C9H6Cl3NOS. The summed E-state index contributed by atoms with van der Waals surface area (Å²) in [6.07, 6.45) is 0. The molecule has 1 aromatic carbocycles. The van der Waals surface area contributed by atoms with Gasteiger partial charge in [-0.25, -0.2) is 0 Å². The molecule has 0 unspecified atom stereocenters. The molecule has 1 aromatic rings. The minimum atomic E-state index is 0.0643. The quantitative estimate of drug-likeness (QED) is 0.732. The van der Waals surface area contributed by atoms with Gasteiger partial charge in [0.25, 0.3) is 0 Å². The van der Waals surface area contributed by atoms with Crippen LogP contribution in [0.4, 0.5) is 5.69 Å². The van der Waals surface area contributed by atoms with E-state index in [1.165, 1.54) is 0 Å². The molecule has 6 heteroatoms. The number of amides is 1. The highest BCUT2D eigenvalue weighted by Gasteiger charge is 2.23. The summed E-state index contributed by atoms with van der Waals surface area (Å²) in [7, 11) is 0. The van der Waals surface area contributed by atoms with Crippen LogP contribution < -0.4 is 4.90 Å². The van der Waals surface area contributed by atoms with Crippen LogP contribution in [0.5, 0.6) is 0 Å². The van der Waals surface area contributed by atoms with Crippen LogP contribution >= 0.6 is 46.6 Å². The molecule has 0 saturated carbocycles. The molecule has 0 spiro atoms. The van der Waals surface area contributed by atoms with Gasteiger partial charge in [0.2, 0.25) is 5.91 Å². The molecule has 80 valence electrons. The van der Waals surface area contributed by atoms with Gasteiger partial charge in [0, 0.05) is 5.69 Å². The zero-order valence-electron chi connectivity index (χ0n) is 7.47. The standard InChI is InChI=1S/C9H6Cl3NOS/c10-6-1-5(2-7(11)9(6)12)13-4-15-3-8(13)14/h1-2H,3-4H2. The number of halogens is 3. The lowest BCUT2D eigenvalue weighted by Crippen LogP contribution is -2.24. The third-order valence-corrected chi connectivity index (χ3v) is 4.12. The van der Waals surface area contributed by atoms with E-state index in [-0.39, 0.29) is 5.91 Å². The van der Waals surface area contributed by atoms with Crippen molar-refractivity contribution in [3.63, 3.8) is 0 Å². The van der Waals surface area contributed by atoms with Gasteiger partial charge in [-0.15, -0.1) is 11.8 Å². The largest absolute Gasteiger partial charge is 0.302 e. The van der Waals surface area contributed by atoms with E-state index in [0.717, 1.165) is 0 Å². The number of anilines is 1. The fraction of sp³-hybridized carbons (Fsp3) is 0.222. The van der Waals surface area contributed by atoms with E-state index in [4.69, 9.17) is 34.8 Å². The van der Waals surface area contributed by atoms with Crippen molar-refractivity contribution in [2.45, 2.75) is 0 Å². The maximum atomic E-state index is 11.5. The van der Waals surface area contributed by atoms with E-state index in [1.54, 1.807) is 28.8 Å². The van der Waals surface area contributed by atoms with Crippen LogP contribution in [0.1, 0.15) is 0 Å². The van der Waals surface area contributed by atoms with Crippen LogP contribution in [0.3, 0.4) is 0 Å². The molecule has 0 aromatic heterocycles. The van der Waals surface area contributed by atoms with E-state index in [1.807, 2.05) is 0 Å². The zero-order chi connectivity index (χ0) is 11.0. The molecule has 2 nitrogen and oxygen atoms in total. The molecule has 0 N–H and O–H groups in total. The molecule has 0 radical (unpaired) electrons. The highest BCUT2D eigenvalue weighted by atomic mass is 35.5. The van der Waals surface area contributed by atoms with E-state index in [9.17, 15) is 4.79 Å². The molecule has 0 bridgehead atoms. The maximum absolute atomic E-state index is 11.5. The highest BCUT2D eigenvalue weighted by Crippen LogP contribution is 2.36. The molecule has 1 aliphatic heterocycles. The summed E-state index contributed by atoms with van der Waals surface area (Å²) >= 11 is 19.1. The number of carbonyl (C=O) groups is 1. The van der Waals surface area contributed by atoms with Crippen molar-refractivity contribution in [1.29, 1.82) is 0 Å². The van der Waals surface area contributed by atoms with Crippen molar-refractivity contribution in [1.82, 2.24) is 0 Å². The van der Waals surface area contributed by atoms with Gasteiger partial charge in [-0.3, -0.25) is 4.79 Å². The number of hydrogen-bond acceptors (Lipinski definition) is 2. The Morgan fingerprint density at radius 1 is 1.20 bits per heavy atom. The number of carbonyl (C=O) groups excluding carboxylic acids is 1. The van der Waals surface area contributed by atoms with E-state index in [0.29, 0.717) is 32.4 Å². The highest BCUT2D eigenvalue weighted by molar-refractivity contribution is 8.00. The Morgan fingerprint density at radius 3 is 2.27 bits per heavy atom. The minimum absolute atomic E-state index is 0.0643. The Kier molecular flexibility index (Phi) is 3.36. The Morgan fingerprint density at radius 2 is 1.80 bits per heavy atom. The lowest BCUT2D eigenvalue weighted by atomic mass is 10.3. The molecule has 1 heterocycles. The average molecular weight is 283 g/mol. The molecule has 15 heavy (non-hydrogen) atoms. The summed E-state index contributed by atoms with van der Waals surface area (Å²) in [6.45, 7) is 0. The number of rotatable bonds is 1. The summed E-state index contributed by atoms with van der Waals surface area (Å²) < 4.78 is 0. The first-order valence-corrected chi connectivity index (χ1v) is 6.41. The smallest absolute Gasteiger partial charge is 0.237 e. The first kappa shape index (κ1) is 11.4. The minimum Gasteiger partial charge on any atom is -0.302 e. The van der Waals surface area contributed by atoms with E-state index >= 15 is 0 Å². The van der Waals surface area contributed by atoms with Crippen LogP contribution in [0.25, 0.3) is 0 Å². The third kappa shape index (κ3) is 2.21. The predicted octanol–water partition coefficient (Wildman–Crippen LogP) is 3.68. The van der Waals surface area contributed by atoms with E-state index < -0.39 is 0 Å². The van der Waals surface area contributed by atoms with Crippen molar-refractivity contribution < 1.29 is 4.79 Å². The monoisotopic (exact) mass is 281 g/mol. The average Bonchev–Trinajstić information content (AvgIpc) is 2.60. The first-order chi connectivity index (χ1) is 7.09. The number of thioether (sulfide) groups is 1. The summed E-state index contributed by atoms with van der Waals surface area (Å²) in [6, 6.07) is 3.30. The second-order valence-electron chi connectivity index (χ2n) is 3.02. The molecule has 2 rings (SSSR count). The zero-order valence-corrected chi connectivity index (χ0v) is 10.6. The van der Waals surface area contributed by atoms with Gasteiger partial charge in [-0.1, -0.05) is 34.8 Å². The van der Waals surface area contributed by atoms with Crippen LogP contribution in [0.15, 0.2) is 12.1 Å². The SMILES string of the molecule is O=C1CSCN1c1cc(Cl)c(Cl)c(Cl)c1. The summed E-state index contributed by atoms with van der Waals surface area (Å²) in [5.74, 6) is 1.19. The van der Waals surface area contributed by atoms with Crippen LogP contribution in [0, 0.1) is 0 Å².